The largest absolute Gasteiger partial charge is 0.336 e. The van der Waals surface area contributed by atoms with Crippen molar-refractivity contribution in [2.45, 2.75) is 11.4 Å². The van der Waals surface area contributed by atoms with Crippen molar-refractivity contribution in [3.8, 4) is 0 Å². The number of imidazole rings is 1. The van der Waals surface area contributed by atoms with Crippen LogP contribution in [0.1, 0.15) is 0 Å². The van der Waals surface area contributed by atoms with Crippen molar-refractivity contribution in [1.29, 1.82) is 0 Å². The molecule has 2 heterocycles. The van der Waals surface area contributed by atoms with Crippen molar-refractivity contribution in [2.24, 2.45) is 0 Å². The monoisotopic (exact) mass is 365 g/mol. The summed E-state index contributed by atoms with van der Waals surface area (Å²) in [6.07, 6.45) is 5.37. The van der Waals surface area contributed by atoms with E-state index in [1.807, 2.05) is 10.8 Å². The molecule has 1 aliphatic heterocycles. The number of sulfonamides is 1. The van der Waals surface area contributed by atoms with Crippen LogP contribution in [0.15, 0.2) is 47.9 Å². The molecule has 0 atom stereocenters. The molecule has 1 saturated heterocycles. The quantitative estimate of drug-likeness (QED) is 0.554. The second-order valence-corrected chi connectivity index (χ2v) is 7.74. The van der Waals surface area contributed by atoms with E-state index in [4.69, 9.17) is 0 Å². The van der Waals surface area contributed by atoms with Gasteiger partial charge < -0.3 is 4.57 Å². The van der Waals surface area contributed by atoms with Gasteiger partial charge in [-0.05, 0) is 6.07 Å². The lowest BCUT2D eigenvalue weighted by Gasteiger charge is -2.33. The second-order valence-electron chi connectivity index (χ2n) is 5.80. The third-order valence-electron chi connectivity index (χ3n) is 4.23. The van der Waals surface area contributed by atoms with E-state index in [1.165, 1.54) is 22.5 Å². The first-order valence-corrected chi connectivity index (χ1v) is 9.33. The van der Waals surface area contributed by atoms with Gasteiger partial charge in [0.1, 0.15) is 0 Å². The average molecular weight is 365 g/mol. The lowest BCUT2D eigenvalue weighted by molar-refractivity contribution is -0.385. The molecule has 1 aromatic heterocycles. The third-order valence-corrected chi connectivity index (χ3v) is 6.13. The van der Waals surface area contributed by atoms with E-state index in [0.717, 1.165) is 19.2 Å². The summed E-state index contributed by atoms with van der Waals surface area (Å²) in [6, 6.07) is 5.19. The van der Waals surface area contributed by atoms with Crippen LogP contribution in [0.4, 0.5) is 5.69 Å². The van der Waals surface area contributed by atoms with Crippen LogP contribution in [-0.4, -0.2) is 64.8 Å². The molecule has 0 spiro atoms. The van der Waals surface area contributed by atoms with E-state index < -0.39 is 14.9 Å². The summed E-state index contributed by atoms with van der Waals surface area (Å²) < 4.78 is 28.7. The van der Waals surface area contributed by atoms with Crippen molar-refractivity contribution in [3.05, 3.63) is 53.1 Å². The van der Waals surface area contributed by atoms with E-state index >= 15 is 0 Å². The Labute approximate surface area is 145 Å². The second kappa shape index (κ2) is 7.30. The fourth-order valence-corrected chi connectivity index (χ4v) is 4.24. The molecule has 25 heavy (non-hydrogen) atoms. The van der Waals surface area contributed by atoms with Gasteiger partial charge >= 0.3 is 0 Å². The standard InChI is InChI=1S/C15H19N5O4S/c21-20(22)14-2-1-3-15(12-14)25(23,24)19-10-8-17(9-11-19)6-7-18-5-4-16-13-18/h1-5,12-13H,6-11H2. The van der Waals surface area contributed by atoms with Crippen LogP contribution in [0.3, 0.4) is 0 Å². The number of hydrogen-bond donors (Lipinski definition) is 0. The van der Waals surface area contributed by atoms with E-state index in [9.17, 15) is 18.5 Å². The highest BCUT2D eigenvalue weighted by Gasteiger charge is 2.29. The number of nitrogens with zero attached hydrogens (tertiary/aromatic N) is 5. The zero-order chi connectivity index (χ0) is 17.9. The molecule has 1 aliphatic rings. The SMILES string of the molecule is O=[N+]([O-])c1cccc(S(=O)(=O)N2CCN(CCn3ccnc3)CC2)c1. The number of hydrogen-bond acceptors (Lipinski definition) is 6. The van der Waals surface area contributed by atoms with Gasteiger partial charge in [0.05, 0.1) is 16.1 Å². The van der Waals surface area contributed by atoms with E-state index in [-0.39, 0.29) is 10.6 Å². The fraction of sp³-hybridized carbons (Fsp3) is 0.400. The number of piperazine rings is 1. The topological polar surface area (TPSA) is 102 Å². The van der Waals surface area contributed by atoms with Crippen LogP contribution in [0.2, 0.25) is 0 Å². The highest BCUT2D eigenvalue weighted by Crippen LogP contribution is 2.22. The molecule has 9 nitrogen and oxygen atoms in total. The summed E-state index contributed by atoms with van der Waals surface area (Å²) in [4.78, 5) is 16.4. The molecule has 10 heteroatoms. The van der Waals surface area contributed by atoms with Crippen molar-refractivity contribution < 1.29 is 13.3 Å². The molecule has 0 N–H and O–H groups in total. The van der Waals surface area contributed by atoms with E-state index in [0.29, 0.717) is 26.2 Å². The summed E-state index contributed by atoms with van der Waals surface area (Å²) in [7, 11) is -3.71. The van der Waals surface area contributed by atoms with Crippen molar-refractivity contribution >= 4 is 15.7 Å². The first-order valence-electron chi connectivity index (χ1n) is 7.89. The van der Waals surface area contributed by atoms with Crippen LogP contribution >= 0.6 is 0 Å². The number of benzene rings is 1. The molecule has 3 rings (SSSR count). The van der Waals surface area contributed by atoms with Gasteiger partial charge in [-0.3, -0.25) is 15.0 Å². The lowest BCUT2D eigenvalue weighted by Crippen LogP contribution is -2.49. The van der Waals surface area contributed by atoms with Gasteiger partial charge in [0.2, 0.25) is 10.0 Å². The first kappa shape index (κ1) is 17.5. The Morgan fingerprint density at radius 3 is 2.56 bits per heavy atom. The Morgan fingerprint density at radius 2 is 1.92 bits per heavy atom. The molecule has 2 aromatic rings. The number of aromatic nitrogens is 2. The van der Waals surface area contributed by atoms with Gasteiger partial charge in [-0.25, -0.2) is 13.4 Å². The van der Waals surface area contributed by atoms with Gasteiger partial charge in [-0.15, -0.1) is 0 Å². The van der Waals surface area contributed by atoms with E-state index in [1.54, 1.807) is 12.5 Å². The van der Waals surface area contributed by atoms with Gasteiger partial charge in [-0.1, -0.05) is 6.07 Å². The van der Waals surface area contributed by atoms with Crippen LogP contribution in [0, 0.1) is 10.1 Å². The summed E-state index contributed by atoms with van der Waals surface area (Å²) in [5.41, 5.74) is -0.222. The summed E-state index contributed by atoms with van der Waals surface area (Å²) in [5, 5.41) is 10.9. The van der Waals surface area contributed by atoms with Crippen LogP contribution in [0.25, 0.3) is 0 Å². The van der Waals surface area contributed by atoms with Crippen molar-refractivity contribution in [3.63, 3.8) is 0 Å². The third kappa shape index (κ3) is 4.03. The molecule has 0 amide bonds. The zero-order valence-corrected chi connectivity index (χ0v) is 14.4. The highest BCUT2D eigenvalue weighted by molar-refractivity contribution is 7.89. The molecular weight excluding hydrogens is 346 g/mol. The maximum atomic E-state index is 12.7. The average Bonchev–Trinajstić information content (AvgIpc) is 3.14. The molecular formula is C15H19N5O4S. The minimum absolute atomic E-state index is 0.0337. The Kier molecular flexibility index (Phi) is 5.11. The Balaban J connectivity index is 1.61. The number of rotatable bonds is 6. The first-order chi connectivity index (χ1) is 12.0. The molecule has 134 valence electrons. The number of non-ortho nitro benzene ring substituents is 1. The molecule has 0 unspecified atom stereocenters. The van der Waals surface area contributed by atoms with Gasteiger partial charge in [0.15, 0.2) is 0 Å². The summed E-state index contributed by atoms with van der Waals surface area (Å²) in [5.74, 6) is 0. The summed E-state index contributed by atoms with van der Waals surface area (Å²) >= 11 is 0. The Bertz CT molecular complexity index is 829. The normalized spacial score (nSPS) is 16.8. The van der Waals surface area contributed by atoms with Crippen LogP contribution in [0.5, 0.6) is 0 Å². The van der Waals surface area contributed by atoms with Crippen LogP contribution < -0.4 is 0 Å². The smallest absolute Gasteiger partial charge is 0.270 e. The predicted octanol–water partition coefficient (Wildman–Crippen LogP) is 0.798. The van der Waals surface area contributed by atoms with Gasteiger partial charge in [0.25, 0.3) is 5.69 Å². The van der Waals surface area contributed by atoms with Crippen molar-refractivity contribution in [1.82, 2.24) is 18.8 Å². The van der Waals surface area contributed by atoms with Gasteiger partial charge in [0, 0.05) is 63.8 Å². The van der Waals surface area contributed by atoms with Gasteiger partial charge in [-0.2, -0.15) is 4.31 Å². The molecule has 0 radical (unpaired) electrons. The molecule has 1 aromatic carbocycles. The predicted molar refractivity (Wildman–Crippen MR) is 90.5 cm³/mol. The number of nitro groups is 1. The lowest BCUT2D eigenvalue weighted by atomic mass is 10.3. The number of nitro benzene ring substituents is 1. The Hall–Kier alpha value is -2.30. The van der Waals surface area contributed by atoms with Crippen molar-refractivity contribution in [2.75, 3.05) is 32.7 Å². The maximum absolute atomic E-state index is 12.7. The minimum atomic E-state index is -3.71. The molecule has 1 fully saturated rings. The maximum Gasteiger partial charge on any atom is 0.270 e. The zero-order valence-electron chi connectivity index (χ0n) is 13.6. The molecule has 0 aliphatic carbocycles. The molecule has 0 bridgehead atoms. The summed E-state index contributed by atoms with van der Waals surface area (Å²) in [6.45, 7) is 3.62. The molecule has 0 saturated carbocycles. The highest BCUT2D eigenvalue weighted by atomic mass is 32.2. The minimum Gasteiger partial charge on any atom is -0.336 e. The van der Waals surface area contributed by atoms with E-state index in [2.05, 4.69) is 9.88 Å². The fourth-order valence-electron chi connectivity index (χ4n) is 2.78. The van der Waals surface area contributed by atoms with Crippen LogP contribution in [-0.2, 0) is 16.6 Å². The Morgan fingerprint density at radius 1 is 1.16 bits per heavy atom.